The molecule has 29 nitrogen and oxygen atoms in total. The molecule has 1 heterocycles. The van der Waals surface area contributed by atoms with Gasteiger partial charge in [0.15, 0.2) is 0 Å². The van der Waals surface area contributed by atoms with Gasteiger partial charge < -0.3 is 97.4 Å². The quantitative estimate of drug-likeness (QED) is 0.0262. The van der Waals surface area contributed by atoms with E-state index in [2.05, 4.69) is 58.5 Å². The molecule has 0 spiro atoms. The molecule has 1 aliphatic rings. The maximum absolute atomic E-state index is 14.5. The van der Waals surface area contributed by atoms with Crippen molar-refractivity contribution in [2.75, 3.05) is 45.8 Å². The Hall–Kier alpha value is -6.73. The van der Waals surface area contributed by atoms with Crippen LogP contribution in [0.1, 0.15) is 117 Å². The predicted molar refractivity (Wildman–Crippen MR) is 312 cm³/mol. The number of aliphatic hydroxyl groups excluding tert-OH is 2. The molecule has 1 aromatic rings. The molecule has 29 heteroatoms. The first kappa shape index (κ1) is 73.4. The average Bonchev–Trinajstić information content (AvgIpc) is 3.61. The minimum absolute atomic E-state index is 0.0668. The first-order chi connectivity index (χ1) is 39.9. The Morgan fingerprint density at radius 2 is 1.10 bits per heavy atom. The summed E-state index contributed by atoms with van der Waals surface area (Å²) in [6.45, 7) is 7.29. The number of rotatable bonds is 29. The van der Waals surface area contributed by atoms with Crippen molar-refractivity contribution >= 4 is 64.9 Å². The zero-order chi connectivity index (χ0) is 62.9. The van der Waals surface area contributed by atoms with E-state index in [0.717, 1.165) is 12.8 Å². The monoisotopic (exact) mass is 1190 g/mol. The lowest BCUT2D eigenvalue weighted by Gasteiger charge is -2.29. The summed E-state index contributed by atoms with van der Waals surface area (Å²) in [5.74, 6) is -9.15. The van der Waals surface area contributed by atoms with Gasteiger partial charge >= 0.3 is 0 Å². The minimum Gasteiger partial charge on any atom is -0.391 e. The molecule has 12 atom stereocenters. The van der Waals surface area contributed by atoms with Crippen LogP contribution in [0, 0.1) is 5.92 Å². The van der Waals surface area contributed by atoms with E-state index in [9.17, 15) is 63.0 Å². The average molecular weight is 1190 g/mol. The number of nitrogens with two attached hydrogens (primary N) is 5. The van der Waals surface area contributed by atoms with Gasteiger partial charge in [-0.3, -0.25) is 52.7 Å². The highest BCUT2D eigenvalue weighted by atomic mass is 16.3. The van der Waals surface area contributed by atoms with Crippen molar-refractivity contribution in [1.29, 1.82) is 0 Å². The Bertz CT molecular complexity index is 2280. The van der Waals surface area contributed by atoms with Crippen LogP contribution in [-0.2, 0) is 59.2 Å². The summed E-state index contributed by atoms with van der Waals surface area (Å²) in [5.41, 5.74) is 30.0. The van der Waals surface area contributed by atoms with Gasteiger partial charge in [0, 0.05) is 19.4 Å². The Labute approximate surface area is 491 Å². The van der Waals surface area contributed by atoms with Crippen molar-refractivity contribution in [2.24, 2.45) is 34.6 Å². The SMILES string of the molecule is CCCCCC(=O)CC(=O)N[C@@H](CCN)C(=O)N[C@H](C(=O)N[C@@H](CCN)C(=O)N[C@H]1CCNC[C@H]([C@@H](C)O)NC(=O)[C@H](CCN)NC(=O)[C@H](CCN)NC(=O)[C@H](CC(C)C)NC(=O)C(Cc2ccccc2)NC(=O)[C@H](CCN)NC1=O)C(C)O. The van der Waals surface area contributed by atoms with Crippen molar-refractivity contribution in [1.82, 2.24) is 58.5 Å². The summed E-state index contributed by atoms with van der Waals surface area (Å²) < 4.78 is 0. The van der Waals surface area contributed by atoms with E-state index in [1.165, 1.54) is 13.8 Å². The molecule has 10 amide bonds. The van der Waals surface area contributed by atoms with Gasteiger partial charge in [-0.25, -0.2) is 0 Å². The van der Waals surface area contributed by atoms with Crippen LogP contribution >= 0.6 is 0 Å². The second-order valence-electron chi connectivity index (χ2n) is 21.5. The standard InChI is InChI=1S/C55H96N16O13/c1-6-7-9-14-35(74)29-45(75)62-36(15-21-56)52(81)71-46(33(5)73)55(84)67-40(19-25-60)48(77)66-41-20-26-61-30-44(32(4)72)70-50(79)39(18-24-59)63-47(76)37(16-22-57)65-53(82)42(27-31(2)3)68-54(83)43(28-34-12-10-8-11-13-34)69-49(78)38(17-23-58)64-51(41)80/h8,10-13,31-33,36-44,46,61,72-73H,6-7,9,14-30,56-60H2,1-5H3,(H,62,75)(H,63,76)(H,64,80)(H,65,82)(H,66,77)(H,67,84)(H,68,83)(H,69,78)(H,70,79)(H,71,81)/t32-,33?,36+,37+,38+,39+,40+,41+,42+,43?,44-,46+/m1/s1. The van der Waals surface area contributed by atoms with Gasteiger partial charge in [0.25, 0.3) is 0 Å². The molecule has 0 radical (unpaired) electrons. The second kappa shape index (κ2) is 39.7. The maximum Gasteiger partial charge on any atom is 0.245 e. The van der Waals surface area contributed by atoms with Gasteiger partial charge in [-0.2, -0.15) is 0 Å². The molecule has 0 aliphatic carbocycles. The first-order valence-electron chi connectivity index (χ1n) is 29.1. The fourth-order valence-electron chi connectivity index (χ4n) is 8.98. The number of carbonyl (C=O) groups excluding carboxylic acids is 11. The van der Waals surface area contributed by atoms with Gasteiger partial charge in [-0.1, -0.05) is 63.9 Å². The van der Waals surface area contributed by atoms with E-state index in [4.69, 9.17) is 28.7 Å². The van der Waals surface area contributed by atoms with Crippen molar-refractivity contribution in [3.63, 3.8) is 0 Å². The zero-order valence-electron chi connectivity index (χ0n) is 49.3. The topological polar surface area (TPSA) is 491 Å². The van der Waals surface area contributed by atoms with Crippen molar-refractivity contribution < 1.29 is 63.0 Å². The summed E-state index contributed by atoms with van der Waals surface area (Å²) in [7, 11) is 0. The van der Waals surface area contributed by atoms with E-state index in [1.54, 1.807) is 44.2 Å². The van der Waals surface area contributed by atoms with Gasteiger partial charge in [0.1, 0.15) is 60.2 Å². The Kier molecular flexibility index (Phi) is 34.7. The molecule has 1 saturated heterocycles. The van der Waals surface area contributed by atoms with E-state index in [-0.39, 0.29) is 115 Å². The number of Topliss-reactive ketones (excluding diaryl/α,β-unsaturated/α-hetero) is 1. The molecule has 474 valence electrons. The lowest BCUT2D eigenvalue weighted by Crippen LogP contribution is -2.62. The number of carbonyl (C=O) groups is 11. The zero-order valence-corrected chi connectivity index (χ0v) is 49.3. The summed E-state index contributed by atoms with van der Waals surface area (Å²) in [5, 5.41) is 50.6. The third-order valence-electron chi connectivity index (χ3n) is 13.7. The summed E-state index contributed by atoms with van der Waals surface area (Å²) in [4.78, 5) is 152. The fourth-order valence-corrected chi connectivity index (χ4v) is 8.98. The third kappa shape index (κ3) is 26.9. The third-order valence-corrected chi connectivity index (χ3v) is 13.7. The van der Waals surface area contributed by atoms with Gasteiger partial charge in [0.05, 0.1) is 24.7 Å². The molecule has 23 N–H and O–H groups in total. The molecular formula is C55H96N16O13. The van der Waals surface area contributed by atoms with Crippen LogP contribution in [0.4, 0.5) is 0 Å². The van der Waals surface area contributed by atoms with Crippen LogP contribution in [0.15, 0.2) is 30.3 Å². The molecule has 0 saturated carbocycles. The van der Waals surface area contributed by atoms with Gasteiger partial charge in [0.2, 0.25) is 59.1 Å². The number of unbranched alkanes of at least 4 members (excludes halogenated alkanes) is 2. The molecule has 2 unspecified atom stereocenters. The normalized spacial score (nSPS) is 22.7. The molecule has 84 heavy (non-hydrogen) atoms. The number of aliphatic hydroxyl groups is 2. The number of hydrogen-bond acceptors (Lipinski definition) is 19. The van der Waals surface area contributed by atoms with E-state index < -0.39 is 138 Å². The van der Waals surface area contributed by atoms with E-state index in [1.807, 2.05) is 6.92 Å². The Balaban J connectivity index is 2.65. The van der Waals surface area contributed by atoms with E-state index in [0.29, 0.717) is 12.0 Å². The minimum atomic E-state index is -1.73. The van der Waals surface area contributed by atoms with Crippen LogP contribution in [0.25, 0.3) is 0 Å². The second-order valence-corrected chi connectivity index (χ2v) is 21.5. The van der Waals surface area contributed by atoms with E-state index >= 15 is 0 Å². The summed E-state index contributed by atoms with van der Waals surface area (Å²) in [6, 6.07) is -5.17. The lowest BCUT2D eigenvalue weighted by molar-refractivity contribution is -0.137. The van der Waals surface area contributed by atoms with Crippen LogP contribution in [-0.4, -0.2) is 194 Å². The number of amides is 10. The molecular weight excluding hydrogens is 1090 g/mol. The Morgan fingerprint density at radius 1 is 0.595 bits per heavy atom. The van der Waals surface area contributed by atoms with Crippen LogP contribution in [0.2, 0.25) is 0 Å². The summed E-state index contributed by atoms with van der Waals surface area (Å²) in [6.07, 6.45) is -1.83. The first-order valence-corrected chi connectivity index (χ1v) is 29.1. The van der Waals surface area contributed by atoms with Crippen molar-refractivity contribution in [3.8, 4) is 0 Å². The number of ketones is 1. The molecule has 1 aromatic carbocycles. The van der Waals surface area contributed by atoms with Crippen LogP contribution in [0.5, 0.6) is 0 Å². The summed E-state index contributed by atoms with van der Waals surface area (Å²) >= 11 is 0. The molecule has 1 aliphatic heterocycles. The highest BCUT2D eigenvalue weighted by Crippen LogP contribution is 2.12. The lowest BCUT2D eigenvalue weighted by atomic mass is 10.00. The Morgan fingerprint density at radius 3 is 1.61 bits per heavy atom. The van der Waals surface area contributed by atoms with Crippen LogP contribution in [0.3, 0.4) is 0 Å². The highest BCUT2D eigenvalue weighted by Gasteiger charge is 2.37. The maximum atomic E-state index is 14.5. The van der Waals surface area contributed by atoms with Crippen molar-refractivity contribution in [2.45, 2.75) is 191 Å². The highest BCUT2D eigenvalue weighted by molar-refractivity contribution is 6.01. The number of hydrogen-bond donors (Lipinski definition) is 18. The van der Waals surface area contributed by atoms with Crippen LogP contribution < -0.4 is 87.2 Å². The molecule has 0 bridgehead atoms. The fraction of sp³-hybridized carbons (Fsp3) is 0.691. The van der Waals surface area contributed by atoms with Crippen molar-refractivity contribution in [3.05, 3.63) is 35.9 Å². The molecule has 0 aromatic heterocycles. The number of nitrogens with one attached hydrogen (secondary N) is 11. The number of benzene rings is 1. The smallest absolute Gasteiger partial charge is 0.245 e. The largest absolute Gasteiger partial charge is 0.391 e. The predicted octanol–water partition coefficient (Wildman–Crippen LogP) is -5.84. The molecule has 1 fully saturated rings. The van der Waals surface area contributed by atoms with Gasteiger partial charge in [-0.15, -0.1) is 0 Å². The molecule has 2 rings (SSSR count). The van der Waals surface area contributed by atoms with Gasteiger partial charge in [-0.05, 0) is 116 Å².